The van der Waals surface area contributed by atoms with Crippen LogP contribution in [-0.2, 0) is 14.3 Å². The van der Waals surface area contributed by atoms with Crippen LogP contribution >= 0.6 is 0 Å². The van der Waals surface area contributed by atoms with Gasteiger partial charge in [0.05, 0.1) is 6.61 Å². The highest BCUT2D eigenvalue weighted by Crippen LogP contribution is 2.30. The van der Waals surface area contributed by atoms with Crippen molar-refractivity contribution in [3.05, 3.63) is 11.5 Å². The number of rotatable bonds is 4. The number of aliphatic hydroxyl groups is 4. The molecule has 1 aliphatic heterocycles. The van der Waals surface area contributed by atoms with E-state index in [-0.39, 0.29) is 6.41 Å². The first-order valence-electron chi connectivity index (χ1n) is 3.86. The van der Waals surface area contributed by atoms with Crippen LogP contribution in [0.15, 0.2) is 11.5 Å². The van der Waals surface area contributed by atoms with Crippen molar-refractivity contribution in [2.75, 3.05) is 6.61 Å². The first-order chi connectivity index (χ1) is 6.99. The Morgan fingerprint density at radius 1 is 1.53 bits per heavy atom. The van der Waals surface area contributed by atoms with Crippen molar-refractivity contribution in [1.29, 1.82) is 0 Å². The average Bonchev–Trinajstić information content (AvgIpc) is 2.44. The van der Waals surface area contributed by atoms with E-state index >= 15 is 0 Å². The van der Waals surface area contributed by atoms with Crippen molar-refractivity contribution < 1.29 is 34.8 Å². The molecule has 0 saturated heterocycles. The fraction of sp³-hybridized carbons (Fsp3) is 0.429. The maximum atomic E-state index is 10.9. The number of ether oxygens (including phenoxy) is 1. The molecular weight excluding hydrogens is 210 g/mol. The summed E-state index contributed by atoms with van der Waals surface area (Å²) in [5, 5.41) is 38.1. The summed E-state index contributed by atoms with van der Waals surface area (Å²) >= 11 is 0. The van der Waals surface area contributed by atoms with Gasteiger partial charge >= 0.3 is 5.97 Å². The fourth-order valence-corrected chi connectivity index (χ4v) is 1.15. The third-order valence-corrected chi connectivity index (χ3v) is 1.94. The van der Waals surface area contributed by atoms with E-state index in [1.165, 1.54) is 0 Å². The van der Waals surface area contributed by atoms with Crippen LogP contribution in [0.2, 0.25) is 0 Å². The molecule has 8 heteroatoms. The topological polar surface area (TPSA) is 136 Å². The summed E-state index contributed by atoms with van der Waals surface area (Å²) in [6, 6.07) is 0. The van der Waals surface area contributed by atoms with Gasteiger partial charge in [0.1, 0.15) is 6.10 Å². The molecule has 1 amide bonds. The quantitative estimate of drug-likeness (QED) is 0.264. The molecule has 0 saturated carbocycles. The molecule has 1 heterocycles. The zero-order valence-electron chi connectivity index (χ0n) is 7.38. The molecular formula is C7H9NO7. The van der Waals surface area contributed by atoms with Crippen LogP contribution in [0, 0.1) is 0 Å². The van der Waals surface area contributed by atoms with Gasteiger partial charge in [-0.15, -0.1) is 0 Å². The zero-order chi connectivity index (χ0) is 11.6. The van der Waals surface area contributed by atoms with Crippen LogP contribution in [0.3, 0.4) is 0 Å². The predicted molar refractivity (Wildman–Crippen MR) is 43.4 cm³/mol. The average molecular weight is 219 g/mol. The summed E-state index contributed by atoms with van der Waals surface area (Å²) in [6.45, 7) is -0.897. The zero-order valence-corrected chi connectivity index (χ0v) is 7.38. The summed E-state index contributed by atoms with van der Waals surface area (Å²) in [5.74, 6) is -3.49. The van der Waals surface area contributed by atoms with Crippen LogP contribution in [0.1, 0.15) is 0 Å². The molecule has 0 aromatic carbocycles. The maximum absolute atomic E-state index is 10.9. The predicted octanol–water partition coefficient (Wildman–Crippen LogP) is -2.33. The standard InChI is InChI=1S/C7H9NO7/c9-1-3(11)7(8-2-10)5(13)4(12)6(14)15-7/h2-3,9,11-13H,1H2,(H,8,10)/t3-,7+/m0/s1. The van der Waals surface area contributed by atoms with Crippen molar-refractivity contribution in [1.82, 2.24) is 5.32 Å². The van der Waals surface area contributed by atoms with Crippen LogP contribution in [0.4, 0.5) is 0 Å². The van der Waals surface area contributed by atoms with E-state index in [0.717, 1.165) is 0 Å². The number of hydrogen-bond acceptors (Lipinski definition) is 7. The minimum absolute atomic E-state index is 0.0426. The number of carbonyl (C=O) groups is 2. The number of carbonyl (C=O) groups excluding carboxylic acids is 2. The molecule has 1 aliphatic rings. The lowest BCUT2D eigenvalue weighted by Gasteiger charge is -2.30. The maximum Gasteiger partial charge on any atom is 0.379 e. The first-order valence-corrected chi connectivity index (χ1v) is 3.86. The first kappa shape index (κ1) is 11.3. The van der Waals surface area contributed by atoms with Crippen molar-refractivity contribution in [3.63, 3.8) is 0 Å². The largest absolute Gasteiger partial charge is 0.503 e. The van der Waals surface area contributed by atoms with Gasteiger partial charge in [-0.2, -0.15) is 0 Å². The van der Waals surface area contributed by atoms with Crippen molar-refractivity contribution in [2.24, 2.45) is 0 Å². The monoisotopic (exact) mass is 219 g/mol. The molecule has 84 valence electrons. The van der Waals surface area contributed by atoms with Crippen LogP contribution in [0.25, 0.3) is 0 Å². The molecule has 15 heavy (non-hydrogen) atoms. The van der Waals surface area contributed by atoms with Gasteiger partial charge < -0.3 is 30.5 Å². The third kappa shape index (κ3) is 1.49. The van der Waals surface area contributed by atoms with Gasteiger partial charge in [-0.05, 0) is 0 Å². The third-order valence-electron chi connectivity index (χ3n) is 1.94. The van der Waals surface area contributed by atoms with E-state index in [0.29, 0.717) is 0 Å². The van der Waals surface area contributed by atoms with Gasteiger partial charge in [0, 0.05) is 0 Å². The van der Waals surface area contributed by atoms with Gasteiger partial charge in [0.2, 0.25) is 17.9 Å². The Morgan fingerprint density at radius 2 is 2.13 bits per heavy atom. The number of cyclic esters (lactones) is 1. The van der Waals surface area contributed by atoms with Gasteiger partial charge in [0.15, 0.2) is 0 Å². The van der Waals surface area contributed by atoms with Crippen LogP contribution in [-0.4, -0.2) is 51.2 Å². The molecule has 0 aromatic heterocycles. The highest BCUT2D eigenvalue weighted by atomic mass is 16.6. The van der Waals surface area contributed by atoms with Crippen LogP contribution < -0.4 is 5.32 Å². The Balaban J connectivity index is 3.15. The van der Waals surface area contributed by atoms with E-state index in [4.69, 9.17) is 10.2 Å². The SMILES string of the molecule is O=CN[C@]1([C@@H](O)CO)OC(=O)C(O)=C1O. The fourth-order valence-electron chi connectivity index (χ4n) is 1.15. The van der Waals surface area contributed by atoms with E-state index in [1.54, 1.807) is 0 Å². The molecule has 0 aromatic rings. The molecule has 0 fully saturated rings. The summed E-state index contributed by atoms with van der Waals surface area (Å²) in [4.78, 5) is 21.1. The molecule has 8 nitrogen and oxygen atoms in total. The summed E-state index contributed by atoms with van der Waals surface area (Å²) < 4.78 is 4.40. The van der Waals surface area contributed by atoms with Crippen molar-refractivity contribution in [3.8, 4) is 0 Å². The van der Waals surface area contributed by atoms with E-state index in [1.807, 2.05) is 5.32 Å². The molecule has 0 radical (unpaired) electrons. The van der Waals surface area contributed by atoms with Gasteiger partial charge in [-0.3, -0.25) is 4.79 Å². The summed E-state index contributed by atoms with van der Waals surface area (Å²) in [6.07, 6.45) is -1.75. The Morgan fingerprint density at radius 3 is 2.47 bits per heavy atom. The molecule has 0 aliphatic carbocycles. The Hall–Kier alpha value is -1.80. The molecule has 0 unspecified atom stereocenters. The van der Waals surface area contributed by atoms with Gasteiger partial charge in [0.25, 0.3) is 5.72 Å². The number of nitrogens with one attached hydrogen (secondary N) is 1. The van der Waals surface area contributed by atoms with Crippen LogP contribution in [0.5, 0.6) is 0 Å². The number of amides is 1. The Kier molecular flexibility index (Phi) is 2.82. The summed E-state index contributed by atoms with van der Waals surface area (Å²) in [5.41, 5.74) is -2.32. The minimum atomic E-state index is -2.32. The second-order valence-electron chi connectivity index (χ2n) is 2.78. The lowest BCUT2D eigenvalue weighted by atomic mass is 10.1. The Labute approximate surface area is 83.4 Å². The molecule has 1 rings (SSSR count). The van der Waals surface area contributed by atoms with Crippen molar-refractivity contribution in [2.45, 2.75) is 11.8 Å². The normalized spacial score (nSPS) is 27.5. The number of aliphatic hydroxyl groups excluding tert-OH is 4. The number of esters is 1. The Bertz CT molecular complexity index is 325. The highest BCUT2D eigenvalue weighted by Gasteiger charge is 2.54. The van der Waals surface area contributed by atoms with E-state index in [2.05, 4.69) is 4.74 Å². The van der Waals surface area contributed by atoms with E-state index in [9.17, 15) is 19.8 Å². The molecule has 5 N–H and O–H groups in total. The lowest BCUT2D eigenvalue weighted by Crippen LogP contribution is -2.57. The molecule has 0 bridgehead atoms. The highest BCUT2D eigenvalue weighted by molar-refractivity contribution is 5.90. The lowest BCUT2D eigenvalue weighted by molar-refractivity contribution is -0.170. The second-order valence-corrected chi connectivity index (χ2v) is 2.78. The van der Waals surface area contributed by atoms with E-state index < -0.39 is 35.9 Å². The minimum Gasteiger partial charge on any atom is -0.503 e. The second kappa shape index (κ2) is 3.75. The van der Waals surface area contributed by atoms with Gasteiger partial charge in [-0.1, -0.05) is 0 Å². The molecule has 2 atom stereocenters. The van der Waals surface area contributed by atoms with Crippen molar-refractivity contribution >= 4 is 12.4 Å². The summed E-state index contributed by atoms with van der Waals surface area (Å²) in [7, 11) is 0. The smallest absolute Gasteiger partial charge is 0.379 e. The number of hydrogen-bond donors (Lipinski definition) is 5. The van der Waals surface area contributed by atoms with Gasteiger partial charge in [-0.25, -0.2) is 4.79 Å². The molecule has 0 spiro atoms.